The van der Waals surface area contributed by atoms with Crippen molar-refractivity contribution < 1.29 is 18.7 Å². The lowest BCUT2D eigenvalue weighted by Gasteiger charge is -2.07. The minimum Gasteiger partial charge on any atom is -0.497 e. The van der Waals surface area contributed by atoms with Gasteiger partial charge >= 0.3 is 5.97 Å². The summed E-state index contributed by atoms with van der Waals surface area (Å²) >= 11 is 0. The van der Waals surface area contributed by atoms with Gasteiger partial charge < -0.3 is 9.47 Å². The Kier molecular flexibility index (Phi) is 4.72. The van der Waals surface area contributed by atoms with E-state index in [4.69, 9.17) is 9.47 Å². The second kappa shape index (κ2) is 6.70. The maximum Gasteiger partial charge on any atom is 0.338 e. The van der Waals surface area contributed by atoms with Crippen LogP contribution in [-0.2, 0) is 4.74 Å². The van der Waals surface area contributed by atoms with Gasteiger partial charge in [0.25, 0.3) is 0 Å². The van der Waals surface area contributed by atoms with Crippen LogP contribution in [0, 0.1) is 5.82 Å². The van der Waals surface area contributed by atoms with Crippen LogP contribution in [0.15, 0.2) is 42.5 Å². The van der Waals surface area contributed by atoms with Crippen molar-refractivity contribution in [2.24, 2.45) is 0 Å². The van der Waals surface area contributed by atoms with Gasteiger partial charge in [0.1, 0.15) is 11.6 Å². The number of esters is 1. The summed E-state index contributed by atoms with van der Waals surface area (Å²) in [6.45, 7) is 0. The molecular weight excluding hydrogens is 271 g/mol. The predicted molar refractivity (Wildman–Crippen MR) is 79.7 cm³/mol. The molecule has 2 aromatic carbocycles. The molecule has 0 aliphatic heterocycles. The monoisotopic (exact) mass is 286 g/mol. The van der Waals surface area contributed by atoms with Gasteiger partial charge in [0.05, 0.1) is 19.8 Å². The smallest absolute Gasteiger partial charge is 0.338 e. The summed E-state index contributed by atoms with van der Waals surface area (Å²) < 4.78 is 22.7. The first-order valence-electron chi connectivity index (χ1n) is 6.34. The molecule has 0 fully saturated rings. The van der Waals surface area contributed by atoms with Gasteiger partial charge in [-0.3, -0.25) is 0 Å². The van der Waals surface area contributed by atoms with Crippen LogP contribution in [0.4, 0.5) is 4.39 Å². The number of carbonyl (C=O) groups excluding carboxylic acids is 1. The Bertz CT molecular complexity index is 660. The van der Waals surface area contributed by atoms with Crippen molar-refractivity contribution in [1.82, 2.24) is 0 Å². The van der Waals surface area contributed by atoms with Gasteiger partial charge in [-0.15, -0.1) is 0 Å². The van der Waals surface area contributed by atoms with Gasteiger partial charge in [-0.2, -0.15) is 0 Å². The van der Waals surface area contributed by atoms with Crippen molar-refractivity contribution >= 4 is 18.1 Å². The number of hydrogen-bond acceptors (Lipinski definition) is 3. The minimum atomic E-state index is -0.437. The quantitative estimate of drug-likeness (QED) is 0.633. The number of halogens is 1. The van der Waals surface area contributed by atoms with E-state index in [0.717, 1.165) is 5.56 Å². The van der Waals surface area contributed by atoms with Crippen molar-refractivity contribution in [1.29, 1.82) is 0 Å². The van der Waals surface area contributed by atoms with Crippen LogP contribution < -0.4 is 4.74 Å². The molecule has 0 aromatic heterocycles. The third-order valence-corrected chi connectivity index (χ3v) is 2.99. The van der Waals surface area contributed by atoms with E-state index in [1.54, 1.807) is 42.5 Å². The zero-order valence-electron chi connectivity index (χ0n) is 11.8. The molecule has 4 heteroatoms. The van der Waals surface area contributed by atoms with Crippen LogP contribution in [-0.4, -0.2) is 20.2 Å². The van der Waals surface area contributed by atoms with Gasteiger partial charge in [-0.1, -0.05) is 30.4 Å². The van der Waals surface area contributed by atoms with E-state index >= 15 is 0 Å². The lowest BCUT2D eigenvalue weighted by Crippen LogP contribution is -2.04. The molecule has 2 rings (SSSR count). The molecule has 0 aliphatic carbocycles. The maximum atomic E-state index is 12.8. The van der Waals surface area contributed by atoms with E-state index in [9.17, 15) is 9.18 Å². The summed E-state index contributed by atoms with van der Waals surface area (Å²) in [4.78, 5) is 11.8. The number of rotatable bonds is 4. The SMILES string of the molecule is COC(=O)c1cc(OC)ccc1C=Cc1ccc(F)cc1. The molecule has 0 unspecified atom stereocenters. The first-order chi connectivity index (χ1) is 10.1. The molecule has 0 atom stereocenters. The highest BCUT2D eigenvalue weighted by Crippen LogP contribution is 2.21. The lowest BCUT2D eigenvalue weighted by atomic mass is 10.1. The van der Waals surface area contributed by atoms with Gasteiger partial charge in [-0.25, -0.2) is 9.18 Å². The minimum absolute atomic E-state index is 0.285. The third kappa shape index (κ3) is 3.69. The molecule has 2 aromatic rings. The van der Waals surface area contributed by atoms with Crippen molar-refractivity contribution in [2.45, 2.75) is 0 Å². The van der Waals surface area contributed by atoms with Crippen LogP contribution in [0.25, 0.3) is 12.2 Å². The molecule has 0 aliphatic rings. The first kappa shape index (κ1) is 14.8. The molecule has 21 heavy (non-hydrogen) atoms. The van der Waals surface area contributed by atoms with Gasteiger partial charge in [0, 0.05) is 0 Å². The van der Waals surface area contributed by atoms with E-state index in [-0.39, 0.29) is 5.82 Å². The normalized spacial score (nSPS) is 10.6. The van der Waals surface area contributed by atoms with Crippen molar-refractivity contribution in [2.75, 3.05) is 14.2 Å². The summed E-state index contributed by atoms with van der Waals surface area (Å²) in [7, 11) is 2.86. The molecule has 0 radical (unpaired) electrons. The van der Waals surface area contributed by atoms with Crippen LogP contribution in [0.3, 0.4) is 0 Å². The lowest BCUT2D eigenvalue weighted by molar-refractivity contribution is 0.0600. The standard InChI is InChI=1S/C17H15FO3/c1-20-15-10-7-13(16(11-15)17(19)21-2)6-3-12-4-8-14(18)9-5-12/h3-11H,1-2H3. The van der Waals surface area contributed by atoms with E-state index < -0.39 is 5.97 Å². The van der Waals surface area contributed by atoms with Gasteiger partial charge in [0.15, 0.2) is 0 Å². The third-order valence-electron chi connectivity index (χ3n) is 2.99. The average molecular weight is 286 g/mol. The van der Waals surface area contributed by atoms with Crippen molar-refractivity contribution in [3.05, 3.63) is 65.0 Å². The molecule has 0 amide bonds. The second-order valence-electron chi connectivity index (χ2n) is 4.33. The number of hydrogen-bond donors (Lipinski definition) is 0. The highest BCUT2D eigenvalue weighted by Gasteiger charge is 2.11. The van der Waals surface area contributed by atoms with Crippen LogP contribution in [0.5, 0.6) is 5.75 Å². The first-order valence-corrected chi connectivity index (χ1v) is 6.34. The molecule has 0 saturated heterocycles. The Balaban J connectivity index is 2.34. The topological polar surface area (TPSA) is 35.5 Å². The zero-order chi connectivity index (χ0) is 15.2. The van der Waals surface area contributed by atoms with E-state index in [1.165, 1.54) is 26.4 Å². The Morgan fingerprint density at radius 2 is 1.76 bits per heavy atom. The Labute approximate surface area is 122 Å². The van der Waals surface area contributed by atoms with Crippen molar-refractivity contribution in [3.63, 3.8) is 0 Å². The summed E-state index contributed by atoms with van der Waals surface area (Å²) in [6.07, 6.45) is 3.58. The van der Waals surface area contributed by atoms with E-state index in [2.05, 4.69) is 0 Å². The highest BCUT2D eigenvalue weighted by atomic mass is 19.1. The molecule has 0 bridgehead atoms. The molecule has 0 spiro atoms. The number of benzene rings is 2. The molecule has 108 valence electrons. The molecular formula is C17H15FO3. The Morgan fingerprint density at radius 1 is 1.05 bits per heavy atom. The highest BCUT2D eigenvalue weighted by molar-refractivity contribution is 5.95. The fourth-order valence-corrected chi connectivity index (χ4v) is 1.85. The van der Waals surface area contributed by atoms with E-state index in [1.807, 2.05) is 0 Å². The zero-order valence-corrected chi connectivity index (χ0v) is 11.8. The average Bonchev–Trinajstić information content (AvgIpc) is 2.53. The molecule has 0 N–H and O–H groups in total. The summed E-state index contributed by atoms with van der Waals surface area (Å²) in [6, 6.07) is 11.2. The van der Waals surface area contributed by atoms with E-state index in [0.29, 0.717) is 16.9 Å². The fraction of sp³-hybridized carbons (Fsp3) is 0.118. The van der Waals surface area contributed by atoms with Crippen molar-refractivity contribution in [3.8, 4) is 5.75 Å². The Hall–Kier alpha value is -2.62. The van der Waals surface area contributed by atoms with Crippen LogP contribution >= 0.6 is 0 Å². The van der Waals surface area contributed by atoms with Crippen LogP contribution in [0.1, 0.15) is 21.5 Å². The molecule has 0 heterocycles. The molecule has 0 saturated carbocycles. The summed E-state index contributed by atoms with van der Waals surface area (Å²) in [5.41, 5.74) is 1.95. The summed E-state index contributed by atoms with van der Waals surface area (Å²) in [5.74, 6) is -0.145. The number of carbonyl (C=O) groups is 1. The number of ether oxygens (including phenoxy) is 2. The molecule has 3 nitrogen and oxygen atoms in total. The second-order valence-corrected chi connectivity index (χ2v) is 4.33. The van der Waals surface area contributed by atoms with Gasteiger partial charge in [0.2, 0.25) is 0 Å². The summed E-state index contributed by atoms with van der Waals surface area (Å²) in [5, 5.41) is 0. The predicted octanol–water partition coefficient (Wildman–Crippen LogP) is 3.79. The largest absolute Gasteiger partial charge is 0.497 e. The van der Waals surface area contributed by atoms with Gasteiger partial charge in [-0.05, 0) is 35.4 Å². The Morgan fingerprint density at radius 3 is 2.38 bits per heavy atom. The maximum absolute atomic E-state index is 12.8. The van der Waals surface area contributed by atoms with Crippen LogP contribution in [0.2, 0.25) is 0 Å². The fourth-order valence-electron chi connectivity index (χ4n) is 1.85. The number of methoxy groups -OCH3 is 2.